The Labute approximate surface area is 345 Å². The molecule has 0 unspecified atom stereocenters. The summed E-state index contributed by atoms with van der Waals surface area (Å²) in [5.74, 6) is 3.10. The van der Waals surface area contributed by atoms with Crippen molar-refractivity contribution in [3.05, 3.63) is 156 Å². The minimum absolute atomic E-state index is 0.381. The highest BCUT2D eigenvalue weighted by Gasteiger charge is 2.22. The second kappa shape index (κ2) is 14.1. The predicted octanol–water partition coefficient (Wildman–Crippen LogP) is 15.2. The fraction of sp³-hybridized carbons (Fsp3) is 0.222. The number of aromatic nitrogens is 4. The number of nitrogens with zero attached hydrogens (tertiary/aromatic N) is 4. The first-order valence-corrected chi connectivity index (χ1v) is 21.2. The van der Waals surface area contributed by atoms with Crippen molar-refractivity contribution in [1.29, 1.82) is 0 Å². The lowest BCUT2D eigenvalue weighted by molar-refractivity contribution is 0.484. The first kappa shape index (κ1) is 36.9. The van der Waals surface area contributed by atoms with Crippen LogP contribution >= 0.6 is 0 Å². The molecule has 5 nitrogen and oxygen atoms in total. The van der Waals surface area contributed by atoms with Gasteiger partial charge in [-0.15, -0.1) is 0 Å². The van der Waals surface area contributed by atoms with E-state index in [1.165, 1.54) is 55.3 Å². The van der Waals surface area contributed by atoms with Crippen LogP contribution < -0.4 is 4.74 Å². The molecule has 6 aromatic carbocycles. The Morgan fingerprint density at radius 2 is 0.949 bits per heavy atom. The Kier molecular flexibility index (Phi) is 8.82. The van der Waals surface area contributed by atoms with E-state index in [1.807, 2.05) is 12.4 Å². The predicted molar refractivity (Wildman–Crippen MR) is 248 cm³/mol. The largest absolute Gasteiger partial charge is 0.457 e. The molecule has 5 heteroatoms. The SMILES string of the molecule is CC(C)c1cccc(C(C)C)c1-c1ccc2c(c1)c1ccc(Oc3ccc4c(c3)c3nccn3c3cccc(-c5c(C(C)C)cccc5C(C)C)c43)cc1c1nccn21. The lowest BCUT2D eigenvalue weighted by Crippen LogP contribution is -2.01. The summed E-state index contributed by atoms with van der Waals surface area (Å²) in [5, 5.41) is 6.84. The molecule has 0 spiro atoms. The van der Waals surface area contributed by atoms with Gasteiger partial charge >= 0.3 is 0 Å². The smallest absolute Gasteiger partial charge is 0.145 e. The molecular weight excluding hydrogens is 721 g/mol. The van der Waals surface area contributed by atoms with Crippen molar-refractivity contribution in [2.45, 2.75) is 79.1 Å². The molecule has 0 amide bonds. The monoisotopic (exact) mass is 770 g/mol. The molecule has 0 saturated carbocycles. The molecule has 292 valence electrons. The van der Waals surface area contributed by atoms with Crippen LogP contribution in [0.1, 0.15) is 101 Å². The van der Waals surface area contributed by atoms with E-state index in [0.717, 1.165) is 55.4 Å². The number of hydrogen-bond acceptors (Lipinski definition) is 3. The van der Waals surface area contributed by atoms with Gasteiger partial charge in [-0.05, 0) is 134 Å². The van der Waals surface area contributed by atoms with Crippen molar-refractivity contribution in [3.63, 3.8) is 0 Å². The van der Waals surface area contributed by atoms with Crippen molar-refractivity contribution in [2.75, 3.05) is 0 Å². The summed E-state index contributed by atoms with van der Waals surface area (Å²) in [4.78, 5) is 9.75. The fourth-order valence-corrected chi connectivity index (χ4v) is 9.62. The van der Waals surface area contributed by atoms with E-state index in [2.05, 4.69) is 186 Å². The number of fused-ring (bicyclic) bond motifs is 12. The lowest BCUT2D eigenvalue weighted by Gasteiger charge is -2.22. The zero-order chi connectivity index (χ0) is 40.7. The van der Waals surface area contributed by atoms with E-state index in [-0.39, 0.29) is 0 Å². The molecule has 59 heavy (non-hydrogen) atoms. The van der Waals surface area contributed by atoms with Crippen LogP contribution in [0.4, 0.5) is 0 Å². The molecule has 10 aromatic rings. The molecule has 4 aromatic heterocycles. The van der Waals surface area contributed by atoms with E-state index >= 15 is 0 Å². The number of hydrogen-bond donors (Lipinski definition) is 0. The fourth-order valence-electron chi connectivity index (χ4n) is 9.62. The molecule has 0 aliphatic carbocycles. The van der Waals surface area contributed by atoms with Gasteiger partial charge in [0.25, 0.3) is 0 Å². The van der Waals surface area contributed by atoms with Gasteiger partial charge in [0.05, 0.1) is 11.0 Å². The third-order valence-electron chi connectivity index (χ3n) is 12.4. The van der Waals surface area contributed by atoms with Crippen LogP contribution in [0.2, 0.25) is 0 Å². The van der Waals surface area contributed by atoms with Crippen molar-refractivity contribution in [3.8, 4) is 33.8 Å². The molecule has 0 bridgehead atoms. The first-order chi connectivity index (χ1) is 28.6. The second-order valence-corrected chi connectivity index (χ2v) is 17.4. The molecule has 0 radical (unpaired) electrons. The normalized spacial score (nSPS) is 12.3. The van der Waals surface area contributed by atoms with E-state index in [9.17, 15) is 0 Å². The van der Waals surface area contributed by atoms with Crippen LogP contribution in [0.15, 0.2) is 134 Å². The zero-order valence-corrected chi connectivity index (χ0v) is 35.2. The minimum Gasteiger partial charge on any atom is -0.457 e. The van der Waals surface area contributed by atoms with Crippen molar-refractivity contribution >= 4 is 54.6 Å². The quantitative estimate of drug-likeness (QED) is 0.145. The summed E-state index contributed by atoms with van der Waals surface area (Å²) in [7, 11) is 0. The lowest BCUT2D eigenvalue weighted by atomic mass is 9.83. The Morgan fingerprint density at radius 3 is 1.53 bits per heavy atom. The van der Waals surface area contributed by atoms with Crippen LogP contribution in [0.5, 0.6) is 11.5 Å². The highest BCUT2D eigenvalue weighted by Crippen LogP contribution is 2.44. The maximum atomic E-state index is 6.79. The molecule has 0 atom stereocenters. The van der Waals surface area contributed by atoms with Crippen LogP contribution in [0, 0.1) is 0 Å². The van der Waals surface area contributed by atoms with Crippen LogP contribution in [-0.2, 0) is 0 Å². The van der Waals surface area contributed by atoms with Gasteiger partial charge in [-0.2, -0.15) is 0 Å². The van der Waals surface area contributed by atoms with Crippen molar-refractivity contribution in [2.24, 2.45) is 0 Å². The van der Waals surface area contributed by atoms with Crippen LogP contribution in [0.25, 0.3) is 76.9 Å². The van der Waals surface area contributed by atoms with Gasteiger partial charge < -0.3 is 4.74 Å². The van der Waals surface area contributed by atoms with Gasteiger partial charge in [0, 0.05) is 46.3 Å². The summed E-state index contributed by atoms with van der Waals surface area (Å²) in [6, 6.07) is 40.2. The van der Waals surface area contributed by atoms with E-state index in [0.29, 0.717) is 23.7 Å². The number of pyridine rings is 2. The summed E-state index contributed by atoms with van der Waals surface area (Å²) in [6.45, 7) is 18.3. The Morgan fingerprint density at radius 1 is 0.441 bits per heavy atom. The third-order valence-corrected chi connectivity index (χ3v) is 12.4. The topological polar surface area (TPSA) is 43.8 Å². The van der Waals surface area contributed by atoms with Crippen LogP contribution in [-0.4, -0.2) is 18.8 Å². The maximum absolute atomic E-state index is 6.79. The number of imidazole rings is 2. The summed E-state index contributed by atoms with van der Waals surface area (Å²) in [5.41, 5.74) is 14.8. The molecule has 0 fully saturated rings. The van der Waals surface area contributed by atoms with E-state index in [4.69, 9.17) is 14.7 Å². The third kappa shape index (κ3) is 5.89. The molecular formula is C54H50N4O. The van der Waals surface area contributed by atoms with Gasteiger partial charge in [-0.3, -0.25) is 8.80 Å². The molecule has 4 heterocycles. The Hall–Kier alpha value is -6.46. The molecule has 0 N–H and O–H groups in total. The minimum atomic E-state index is 0.381. The highest BCUT2D eigenvalue weighted by molar-refractivity contribution is 6.18. The van der Waals surface area contributed by atoms with Gasteiger partial charge in [-0.25, -0.2) is 9.97 Å². The van der Waals surface area contributed by atoms with E-state index in [1.54, 1.807) is 0 Å². The second-order valence-electron chi connectivity index (χ2n) is 17.4. The standard InChI is InChI=1S/C54H50N4O/c1-31(2)38-12-9-13-39(32(3)4)50(38)35-18-23-48-45(28-35)42-21-19-36(29-46(42)53-55-24-26-57(48)53)59-37-20-22-43-47(30-37)54-56-25-27-58(54)49-17-11-16-44(52(43)49)51-40(33(5)6)14-10-15-41(51)34(7)8/h9-34H,1-8H3. The molecule has 10 rings (SSSR count). The number of ether oxygens (including phenoxy) is 1. The summed E-state index contributed by atoms with van der Waals surface area (Å²) in [6.07, 6.45) is 7.93. The molecule has 0 aliphatic rings. The highest BCUT2D eigenvalue weighted by atomic mass is 16.5. The van der Waals surface area contributed by atoms with Gasteiger partial charge in [0.2, 0.25) is 0 Å². The van der Waals surface area contributed by atoms with Gasteiger partial charge in [-0.1, -0.05) is 110 Å². The molecule has 0 aliphatic heterocycles. The number of benzene rings is 6. The Bertz CT molecular complexity index is 3220. The average molecular weight is 771 g/mol. The van der Waals surface area contributed by atoms with Crippen molar-refractivity contribution < 1.29 is 4.74 Å². The first-order valence-electron chi connectivity index (χ1n) is 21.2. The number of rotatable bonds is 8. The summed E-state index contributed by atoms with van der Waals surface area (Å²) >= 11 is 0. The maximum Gasteiger partial charge on any atom is 0.145 e. The Balaban J connectivity index is 1.13. The van der Waals surface area contributed by atoms with Gasteiger partial charge in [0.1, 0.15) is 22.8 Å². The van der Waals surface area contributed by atoms with Gasteiger partial charge in [0.15, 0.2) is 0 Å². The zero-order valence-electron chi connectivity index (χ0n) is 35.2. The average Bonchev–Trinajstić information content (AvgIpc) is 3.95. The summed E-state index contributed by atoms with van der Waals surface area (Å²) < 4.78 is 11.2. The van der Waals surface area contributed by atoms with Crippen molar-refractivity contribution in [1.82, 2.24) is 18.8 Å². The van der Waals surface area contributed by atoms with E-state index < -0.39 is 0 Å². The molecule has 0 saturated heterocycles. The van der Waals surface area contributed by atoms with Crippen LogP contribution in [0.3, 0.4) is 0 Å².